The van der Waals surface area contributed by atoms with Crippen LogP contribution in [0.3, 0.4) is 0 Å². The molecule has 2 rings (SSSR count). The summed E-state index contributed by atoms with van der Waals surface area (Å²) in [7, 11) is 0. The molecule has 1 atom stereocenters. The summed E-state index contributed by atoms with van der Waals surface area (Å²) in [5.74, 6) is 0.200. The van der Waals surface area contributed by atoms with E-state index in [2.05, 4.69) is 43.4 Å². The highest BCUT2D eigenvalue weighted by atomic mass is 35.5. The molecule has 2 N–H and O–H groups in total. The second-order valence-corrected chi connectivity index (χ2v) is 5.22. The van der Waals surface area contributed by atoms with Gasteiger partial charge in [-0.25, -0.2) is 0 Å². The Morgan fingerprint density at radius 1 is 1.09 bits per heavy atom. The number of phenols is 1. The average Bonchev–Trinajstić information content (AvgIpc) is 2.50. The Bertz CT molecular complexity index is 593. The fraction of sp³-hybridized carbons (Fsp3) is 0.278. The van der Waals surface area contributed by atoms with Gasteiger partial charge in [0, 0.05) is 11.6 Å². The van der Waals surface area contributed by atoms with Gasteiger partial charge in [-0.05, 0) is 43.2 Å². The quantitative estimate of drug-likeness (QED) is 0.790. The topological polar surface area (TPSA) is 49.3 Å². The van der Waals surface area contributed by atoms with Crippen LogP contribution in [0.5, 0.6) is 5.75 Å². The van der Waals surface area contributed by atoms with Crippen LogP contribution in [-0.4, -0.2) is 17.4 Å². The number of ketones is 1. The van der Waals surface area contributed by atoms with Gasteiger partial charge in [0.2, 0.25) is 0 Å². The first-order chi connectivity index (χ1) is 10.1. The predicted molar refractivity (Wildman–Crippen MR) is 91.9 cm³/mol. The van der Waals surface area contributed by atoms with Crippen LogP contribution in [0.4, 0.5) is 0 Å². The number of carbonyl (C=O) groups excluding carboxylic acids is 1. The number of nitrogens with one attached hydrogen (secondary N) is 1. The number of benzene rings is 2. The van der Waals surface area contributed by atoms with Crippen molar-refractivity contribution in [3.05, 3.63) is 65.2 Å². The molecule has 0 bridgehead atoms. The van der Waals surface area contributed by atoms with Gasteiger partial charge in [-0.2, -0.15) is 0 Å². The Hall–Kier alpha value is -1.84. The fourth-order valence-electron chi connectivity index (χ4n) is 2.26. The monoisotopic (exact) mass is 319 g/mol. The molecule has 0 aliphatic heterocycles. The molecule has 4 heteroatoms. The standard InChI is InChI=1S/C18H21NO2.ClH/c1-3-17(14-6-4-13(2)5-7-14)19-12-18(21)15-8-10-16(20)11-9-15;/h4-11,17,19-20H,3,12H2,1-2H3;1H. The first-order valence-corrected chi connectivity index (χ1v) is 7.22. The van der Waals surface area contributed by atoms with E-state index < -0.39 is 0 Å². The molecular formula is C18H22ClNO2. The molecule has 22 heavy (non-hydrogen) atoms. The summed E-state index contributed by atoms with van der Waals surface area (Å²) in [5, 5.41) is 12.5. The van der Waals surface area contributed by atoms with Crippen molar-refractivity contribution in [2.24, 2.45) is 0 Å². The van der Waals surface area contributed by atoms with Gasteiger partial charge in [0.15, 0.2) is 5.78 Å². The summed E-state index contributed by atoms with van der Waals surface area (Å²) in [5.41, 5.74) is 3.04. The number of hydrogen-bond acceptors (Lipinski definition) is 3. The molecule has 1 unspecified atom stereocenters. The van der Waals surface area contributed by atoms with Crippen molar-refractivity contribution < 1.29 is 9.90 Å². The van der Waals surface area contributed by atoms with Gasteiger partial charge in [0.1, 0.15) is 5.75 Å². The SMILES string of the molecule is CCC(NCC(=O)c1ccc(O)cc1)c1ccc(C)cc1.Cl. The highest BCUT2D eigenvalue weighted by Gasteiger charge is 2.12. The van der Waals surface area contributed by atoms with E-state index in [1.54, 1.807) is 12.1 Å². The Labute approximate surface area is 137 Å². The summed E-state index contributed by atoms with van der Waals surface area (Å²) in [6.45, 7) is 4.45. The second kappa shape index (κ2) is 8.57. The molecule has 0 fully saturated rings. The lowest BCUT2D eigenvalue weighted by molar-refractivity contribution is 0.0987. The normalized spacial score (nSPS) is 11.5. The third-order valence-corrected chi connectivity index (χ3v) is 3.59. The molecular weight excluding hydrogens is 298 g/mol. The summed E-state index contributed by atoms with van der Waals surface area (Å²) in [6, 6.07) is 14.9. The maximum atomic E-state index is 12.1. The maximum absolute atomic E-state index is 12.1. The Balaban J connectivity index is 0.00000242. The van der Waals surface area contributed by atoms with Crippen molar-refractivity contribution in [2.45, 2.75) is 26.3 Å². The van der Waals surface area contributed by atoms with E-state index in [-0.39, 0.29) is 36.5 Å². The van der Waals surface area contributed by atoms with E-state index in [4.69, 9.17) is 0 Å². The van der Waals surface area contributed by atoms with Gasteiger partial charge in [0.25, 0.3) is 0 Å². The van der Waals surface area contributed by atoms with Crippen LogP contribution < -0.4 is 5.32 Å². The molecule has 0 amide bonds. The molecule has 0 saturated heterocycles. The molecule has 0 aliphatic carbocycles. The van der Waals surface area contributed by atoms with Gasteiger partial charge in [-0.15, -0.1) is 12.4 Å². The van der Waals surface area contributed by atoms with Gasteiger partial charge < -0.3 is 10.4 Å². The van der Waals surface area contributed by atoms with E-state index >= 15 is 0 Å². The molecule has 0 heterocycles. The summed E-state index contributed by atoms with van der Waals surface area (Å²) in [4.78, 5) is 12.1. The van der Waals surface area contributed by atoms with E-state index in [0.29, 0.717) is 5.56 Å². The molecule has 2 aromatic carbocycles. The van der Waals surface area contributed by atoms with E-state index in [0.717, 1.165) is 6.42 Å². The van der Waals surface area contributed by atoms with Gasteiger partial charge in [-0.3, -0.25) is 4.79 Å². The number of aryl methyl sites for hydroxylation is 1. The third kappa shape index (κ3) is 4.86. The lowest BCUT2D eigenvalue weighted by atomic mass is 10.0. The lowest BCUT2D eigenvalue weighted by Crippen LogP contribution is -2.27. The molecule has 0 radical (unpaired) electrons. The minimum atomic E-state index is 0. The Morgan fingerprint density at radius 3 is 2.23 bits per heavy atom. The zero-order valence-electron chi connectivity index (χ0n) is 12.9. The summed E-state index contributed by atoms with van der Waals surface area (Å²) < 4.78 is 0. The first kappa shape index (κ1) is 18.2. The van der Waals surface area contributed by atoms with Gasteiger partial charge in [0.05, 0.1) is 6.54 Å². The van der Waals surface area contributed by atoms with Crippen LogP contribution in [0.15, 0.2) is 48.5 Å². The minimum Gasteiger partial charge on any atom is -0.508 e. The summed E-state index contributed by atoms with van der Waals surface area (Å²) >= 11 is 0. The second-order valence-electron chi connectivity index (χ2n) is 5.22. The van der Waals surface area contributed by atoms with E-state index in [9.17, 15) is 9.90 Å². The van der Waals surface area contributed by atoms with E-state index in [1.807, 2.05) is 0 Å². The van der Waals surface area contributed by atoms with Crippen molar-refractivity contribution in [1.29, 1.82) is 0 Å². The average molecular weight is 320 g/mol. The third-order valence-electron chi connectivity index (χ3n) is 3.59. The zero-order chi connectivity index (χ0) is 15.2. The van der Waals surface area contributed by atoms with Crippen LogP contribution >= 0.6 is 12.4 Å². The van der Waals surface area contributed by atoms with Crippen LogP contribution in [0.1, 0.15) is 40.9 Å². The highest BCUT2D eigenvalue weighted by Crippen LogP contribution is 2.17. The molecule has 0 aliphatic rings. The van der Waals surface area contributed by atoms with Crippen LogP contribution in [0.2, 0.25) is 0 Å². The van der Waals surface area contributed by atoms with Crippen LogP contribution in [0.25, 0.3) is 0 Å². The number of Topliss-reactive ketones (excluding diaryl/α,β-unsaturated/α-hetero) is 1. The molecule has 2 aromatic rings. The largest absolute Gasteiger partial charge is 0.508 e. The molecule has 118 valence electrons. The maximum Gasteiger partial charge on any atom is 0.176 e. The summed E-state index contributed by atoms with van der Waals surface area (Å²) in [6.07, 6.45) is 0.923. The van der Waals surface area contributed by atoms with E-state index in [1.165, 1.54) is 23.3 Å². The van der Waals surface area contributed by atoms with Crippen LogP contribution in [-0.2, 0) is 0 Å². The Kier molecular flexibility index (Phi) is 7.09. The molecule has 3 nitrogen and oxygen atoms in total. The highest BCUT2D eigenvalue weighted by molar-refractivity contribution is 5.97. The Morgan fingerprint density at radius 2 is 1.68 bits per heavy atom. The van der Waals surface area contributed by atoms with Crippen molar-refractivity contribution >= 4 is 18.2 Å². The number of aromatic hydroxyl groups is 1. The molecule has 0 aromatic heterocycles. The molecule has 0 saturated carbocycles. The number of rotatable bonds is 6. The van der Waals surface area contributed by atoms with Crippen molar-refractivity contribution in [1.82, 2.24) is 5.32 Å². The predicted octanol–water partition coefficient (Wildman–Crippen LogP) is 4.05. The smallest absolute Gasteiger partial charge is 0.176 e. The first-order valence-electron chi connectivity index (χ1n) is 7.22. The van der Waals surface area contributed by atoms with Gasteiger partial charge >= 0.3 is 0 Å². The van der Waals surface area contributed by atoms with Crippen LogP contribution in [0, 0.1) is 6.92 Å². The minimum absolute atomic E-state index is 0. The number of hydrogen-bond donors (Lipinski definition) is 2. The van der Waals surface area contributed by atoms with Crippen molar-refractivity contribution in [3.8, 4) is 5.75 Å². The number of phenolic OH excluding ortho intramolecular Hbond substituents is 1. The fourth-order valence-corrected chi connectivity index (χ4v) is 2.26. The number of carbonyl (C=O) groups is 1. The van der Waals surface area contributed by atoms with Crippen molar-refractivity contribution in [2.75, 3.05) is 6.54 Å². The molecule has 0 spiro atoms. The van der Waals surface area contributed by atoms with Gasteiger partial charge in [-0.1, -0.05) is 36.8 Å². The lowest BCUT2D eigenvalue weighted by Gasteiger charge is -2.17. The number of halogens is 1. The zero-order valence-corrected chi connectivity index (χ0v) is 13.7. The van der Waals surface area contributed by atoms with Crippen molar-refractivity contribution in [3.63, 3.8) is 0 Å².